The maximum atomic E-state index is 13.0. The van der Waals surface area contributed by atoms with Gasteiger partial charge in [-0.15, -0.1) is 0 Å². The van der Waals surface area contributed by atoms with Crippen molar-refractivity contribution in [3.05, 3.63) is 82.6 Å². The second kappa shape index (κ2) is 7.51. The van der Waals surface area contributed by atoms with E-state index in [1.807, 2.05) is 31.2 Å². The molecular weight excluding hydrogens is 384 g/mol. The SMILES string of the molecule is COc1ccc(C(O)=C2C(=O)C(=O)N(c3cc(C)on3)C2c2ccc(C)cc2)cc1. The van der Waals surface area contributed by atoms with Gasteiger partial charge in [0.2, 0.25) is 0 Å². The van der Waals surface area contributed by atoms with Gasteiger partial charge in [-0.2, -0.15) is 0 Å². The van der Waals surface area contributed by atoms with Crippen LogP contribution in [0.5, 0.6) is 5.75 Å². The third kappa shape index (κ3) is 3.24. The molecule has 7 nitrogen and oxygen atoms in total. The minimum Gasteiger partial charge on any atom is -0.507 e. The quantitative estimate of drug-likeness (QED) is 0.402. The lowest BCUT2D eigenvalue weighted by molar-refractivity contribution is -0.132. The first-order chi connectivity index (χ1) is 14.4. The second-order valence-electron chi connectivity index (χ2n) is 7.10. The summed E-state index contributed by atoms with van der Waals surface area (Å²) in [6.07, 6.45) is 0. The molecule has 152 valence electrons. The summed E-state index contributed by atoms with van der Waals surface area (Å²) < 4.78 is 10.3. The highest BCUT2D eigenvalue weighted by atomic mass is 16.5. The smallest absolute Gasteiger partial charge is 0.301 e. The summed E-state index contributed by atoms with van der Waals surface area (Å²) >= 11 is 0. The molecule has 1 aromatic heterocycles. The van der Waals surface area contributed by atoms with Crippen molar-refractivity contribution in [2.75, 3.05) is 12.0 Å². The normalized spacial score (nSPS) is 18.1. The zero-order valence-electron chi connectivity index (χ0n) is 16.7. The van der Waals surface area contributed by atoms with Crippen LogP contribution in [-0.4, -0.2) is 29.1 Å². The number of ether oxygens (including phenoxy) is 1. The minimum absolute atomic E-state index is 0.00493. The lowest BCUT2D eigenvalue weighted by Gasteiger charge is -2.23. The van der Waals surface area contributed by atoms with Crippen LogP contribution in [0, 0.1) is 13.8 Å². The maximum absolute atomic E-state index is 13.0. The molecule has 1 aliphatic heterocycles. The molecule has 1 fully saturated rings. The van der Waals surface area contributed by atoms with E-state index in [4.69, 9.17) is 9.26 Å². The molecule has 1 atom stereocenters. The van der Waals surface area contributed by atoms with Crippen molar-refractivity contribution in [3.8, 4) is 5.75 Å². The summed E-state index contributed by atoms with van der Waals surface area (Å²) in [4.78, 5) is 27.2. The van der Waals surface area contributed by atoms with E-state index in [9.17, 15) is 14.7 Å². The molecule has 1 amide bonds. The highest BCUT2D eigenvalue weighted by Crippen LogP contribution is 2.42. The number of carbonyl (C=O) groups excluding carboxylic acids is 2. The number of amides is 1. The third-order valence-electron chi connectivity index (χ3n) is 5.06. The first-order valence-electron chi connectivity index (χ1n) is 9.36. The minimum atomic E-state index is -0.836. The fourth-order valence-corrected chi connectivity index (χ4v) is 3.50. The Morgan fingerprint density at radius 2 is 1.73 bits per heavy atom. The fraction of sp³-hybridized carbons (Fsp3) is 0.174. The molecular formula is C23H20N2O5. The molecule has 1 aliphatic rings. The number of ketones is 1. The first-order valence-corrected chi connectivity index (χ1v) is 9.36. The number of aryl methyl sites for hydroxylation is 2. The van der Waals surface area contributed by atoms with Gasteiger partial charge in [0.05, 0.1) is 18.7 Å². The van der Waals surface area contributed by atoms with Crippen molar-refractivity contribution in [3.63, 3.8) is 0 Å². The van der Waals surface area contributed by atoms with E-state index in [-0.39, 0.29) is 17.2 Å². The monoisotopic (exact) mass is 404 g/mol. The van der Waals surface area contributed by atoms with Gasteiger partial charge in [-0.1, -0.05) is 35.0 Å². The molecule has 3 aromatic rings. The van der Waals surface area contributed by atoms with Gasteiger partial charge in [0.25, 0.3) is 5.78 Å². The molecule has 30 heavy (non-hydrogen) atoms. The van der Waals surface area contributed by atoms with Crippen LogP contribution in [-0.2, 0) is 9.59 Å². The van der Waals surface area contributed by atoms with Crippen LogP contribution in [0.25, 0.3) is 5.76 Å². The highest BCUT2D eigenvalue weighted by molar-refractivity contribution is 6.51. The molecule has 7 heteroatoms. The molecule has 2 aromatic carbocycles. The number of carbonyl (C=O) groups is 2. The number of hydrogen-bond donors (Lipinski definition) is 1. The molecule has 0 radical (unpaired) electrons. The van der Waals surface area contributed by atoms with E-state index < -0.39 is 17.7 Å². The van der Waals surface area contributed by atoms with Gasteiger partial charge in [0.1, 0.15) is 17.3 Å². The summed E-state index contributed by atoms with van der Waals surface area (Å²) in [5.41, 5.74) is 2.11. The van der Waals surface area contributed by atoms with Gasteiger partial charge in [0, 0.05) is 11.6 Å². The lowest BCUT2D eigenvalue weighted by atomic mass is 9.94. The number of benzene rings is 2. The van der Waals surface area contributed by atoms with E-state index in [0.717, 1.165) is 5.56 Å². The molecule has 1 saturated heterocycles. The van der Waals surface area contributed by atoms with Gasteiger partial charge in [-0.25, -0.2) is 0 Å². The lowest BCUT2D eigenvalue weighted by Crippen LogP contribution is -2.29. The number of Topliss-reactive ketones (excluding diaryl/α,β-unsaturated/α-hetero) is 1. The predicted octanol–water partition coefficient (Wildman–Crippen LogP) is 3.93. The summed E-state index contributed by atoms with van der Waals surface area (Å²) in [5.74, 6) is -0.485. The molecule has 1 N–H and O–H groups in total. The number of aliphatic hydroxyl groups excluding tert-OH is 1. The highest BCUT2D eigenvalue weighted by Gasteiger charge is 2.48. The van der Waals surface area contributed by atoms with E-state index in [2.05, 4.69) is 5.16 Å². The van der Waals surface area contributed by atoms with Crippen molar-refractivity contribution in [1.29, 1.82) is 0 Å². The summed E-state index contributed by atoms with van der Waals surface area (Å²) in [5, 5.41) is 14.9. The van der Waals surface area contributed by atoms with Crippen molar-refractivity contribution in [1.82, 2.24) is 5.16 Å². The Bertz CT molecular complexity index is 1140. The zero-order chi connectivity index (χ0) is 21.4. The standard InChI is InChI=1S/C23H20N2O5/c1-13-4-6-15(7-5-13)20-19(21(26)16-8-10-17(29-3)11-9-16)22(27)23(28)25(20)18-12-14(2)30-24-18/h4-12,20,26H,1-3H3. The largest absolute Gasteiger partial charge is 0.507 e. The molecule has 0 bridgehead atoms. The van der Waals surface area contributed by atoms with Gasteiger partial charge in [0.15, 0.2) is 5.82 Å². The Hall–Kier alpha value is -3.87. The number of methoxy groups -OCH3 is 1. The number of anilines is 1. The molecule has 4 rings (SSSR count). The molecule has 0 aliphatic carbocycles. The zero-order valence-corrected chi connectivity index (χ0v) is 16.7. The Morgan fingerprint density at radius 3 is 2.30 bits per heavy atom. The molecule has 2 heterocycles. The fourth-order valence-electron chi connectivity index (χ4n) is 3.50. The third-order valence-corrected chi connectivity index (χ3v) is 5.06. The van der Waals surface area contributed by atoms with Crippen LogP contribution in [0.2, 0.25) is 0 Å². The first kappa shape index (κ1) is 19.4. The summed E-state index contributed by atoms with van der Waals surface area (Å²) in [7, 11) is 1.54. The van der Waals surface area contributed by atoms with Crippen LogP contribution in [0.1, 0.15) is 28.5 Å². The number of hydrogen-bond acceptors (Lipinski definition) is 6. The van der Waals surface area contributed by atoms with Crippen LogP contribution in [0.3, 0.4) is 0 Å². The summed E-state index contributed by atoms with van der Waals surface area (Å²) in [6.45, 7) is 3.64. The van der Waals surface area contributed by atoms with E-state index in [1.165, 1.54) is 12.0 Å². The molecule has 0 saturated carbocycles. The van der Waals surface area contributed by atoms with E-state index in [0.29, 0.717) is 22.6 Å². The van der Waals surface area contributed by atoms with Crippen LogP contribution in [0.4, 0.5) is 5.82 Å². The Balaban J connectivity index is 1.91. The molecule has 1 unspecified atom stereocenters. The van der Waals surface area contributed by atoms with Crippen molar-refractivity contribution < 1.29 is 24.0 Å². The van der Waals surface area contributed by atoms with E-state index in [1.54, 1.807) is 37.3 Å². The summed E-state index contributed by atoms with van der Waals surface area (Å²) in [6, 6.07) is 14.8. The van der Waals surface area contributed by atoms with Crippen molar-refractivity contribution >= 4 is 23.3 Å². The van der Waals surface area contributed by atoms with Crippen molar-refractivity contribution in [2.45, 2.75) is 19.9 Å². The Labute approximate surface area is 173 Å². The second-order valence-corrected chi connectivity index (χ2v) is 7.10. The van der Waals surface area contributed by atoms with Gasteiger partial charge >= 0.3 is 5.91 Å². The Morgan fingerprint density at radius 1 is 1.07 bits per heavy atom. The number of aromatic nitrogens is 1. The van der Waals surface area contributed by atoms with Gasteiger partial charge in [-0.05, 0) is 43.7 Å². The van der Waals surface area contributed by atoms with Gasteiger partial charge < -0.3 is 14.4 Å². The average molecular weight is 404 g/mol. The van der Waals surface area contributed by atoms with Crippen LogP contribution < -0.4 is 9.64 Å². The van der Waals surface area contributed by atoms with E-state index >= 15 is 0 Å². The van der Waals surface area contributed by atoms with Gasteiger partial charge in [-0.3, -0.25) is 14.5 Å². The molecule has 0 spiro atoms. The van der Waals surface area contributed by atoms with Crippen LogP contribution in [0.15, 0.2) is 64.7 Å². The number of aliphatic hydroxyl groups is 1. The van der Waals surface area contributed by atoms with Crippen LogP contribution >= 0.6 is 0 Å². The van der Waals surface area contributed by atoms with Crippen molar-refractivity contribution in [2.24, 2.45) is 0 Å². The number of nitrogens with zero attached hydrogens (tertiary/aromatic N) is 2. The Kier molecular flexibility index (Phi) is 4.87. The topological polar surface area (TPSA) is 92.9 Å². The number of rotatable bonds is 4. The maximum Gasteiger partial charge on any atom is 0.301 e. The average Bonchev–Trinajstić information content (AvgIpc) is 3.29. The predicted molar refractivity (Wildman–Crippen MR) is 110 cm³/mol.